The fourth-order valence-corrected chi connectivity index (χ4v) is 3.55. The standard InChI is InChI=1S/C23H28N6O3/c1-12-6-16(15(4)32-5)7-13(2)20(12)29-11-27-21(25)19(23(29)31)22(30)28-18-8-17(14(3)24)9-26-10-18/h6-11,14-15H,24-25H2,1-5H3,(H,28,30)/t14-,15-/m0/s1. The van der Waals surface area contributed by atoms with E-state index in [0.29, 0.717) is 11.4 Å². The second kappa shape index (κ2) is 9.29. The summed E-state index contributed by atoms with van der Waals surface area (Å²) in [5, 5.41) is 2.67. The zero-order valence-corrected chi connectivity index (χ0v) is 18.8. The van der Waals surface area contributed by atoms with E-state index in [4.69, 9.17) is 16.2 Å². The minimum absolute atomic E-state index is 0.0929. The smallest absolute Gasteiger partial charge is 0.272 e. The summed E-state index contributed by atoms with van der Waals surface area (Å²) in [6.07, 6.45) is 4.33. The van der Waals surface area contributed by atoms with Crippen LogP contribution in [0.4, 0.5) is 11.5 Å². The number of nitrogens with two attached hydrogens (primary N) is 2. The van der Waals surface area contributed by atoms with Gasteiger partial charge in [-0.05, 0) is 56.0 Å². The van der Waals surface area contributed by atoms with Gasteiger partial charge in [-0.1, -0.05) is 12.1 Å². The van der Waals surface area contributed by atoms with Crippen LogP contribution >= 0.6 is 0 Å². The van der Waals surface area contributed by atoms with E-state index in [0.717, 1.165) is 22.3 Å². The van der Waals surface area contributed by atoms with Crippen LogP contribution in [0.3, 0.4) is 0 Å². The molecular weight excluding hydrogens is 408 g/mol. The SMILES string of the molecule is CO[C@@H](C)c1cc(C)c(-n2cnc(N)c(C(=O)Nc3cncc([C@H](C)N)c3)c2=O)c(C)c1. The van der Waals surface area contributed by atoms with Crippen molar-refractivity contribution in [2.45, 2.75) is 39.8 Å². The molecule has 0 unspecified atom stereocenters. The molecule has 9 nitrogen and oxygen atoms in total. The number of methoxy groups -OCH3 is 1. The molecule has 3 aromatic rings. The van der Waals surface area contributed by atoms with Crippen LogP contribution in [0.15, 0.2) is 41.7 Å². The summed E-state index contributed by atoms with van der Waals surface area (Å²) in [5.41, 5.74) is 15.5. The van der Waals surface area contributed by atoms with Gasteiger partial charge in [-0.2, -0.15) is 0 Å². The van der Waals surface area contributed by atoms with Crippen LogP contribution in [0.25, 0.3) is 5.69 Å². The number of carbonyl (C=O) groups excluding carboxylic acids is 1. The zero-order chi connectivity index (χ0) is 23.6. The first kappa shape index (κ1) is 23.1. The summed E-state index contributed by atoms with van der Waals surface area (Å²) < 4.78 is 6.74. The number of nitrogen functional groups attached to an aromatic ring is 1. The van der Waals surface area contributed by atoms with Crippen LogP contribution in [0, 0.1) is 13.8 Å². The molecular formula is C23H28N6O3. The van der Waals surface area contributed by atoms with Gasteiger partial charge in [0.25, 0.3) is 11.5 Å². The van der Waals surface area contributed by atoms with Gasteiger partial charge >= 0.3 is 0 Å². The highest BCUT2D eigenvalue weighted by atomic mass is 16.5. The van der Waals surface area contributed by atoms with Crippen molar-refractivity contribution >= 4 is 17.4 Å². The number of benzene rings is 1. The number of amides is 1. The molecule has 2 aromatic heterocycles. The normalized spacial score (nSPS) is 12.9. The highest BCUT2D eigenvalue weighted by Crippen LogP contribution is 2.25. The number of hydrogen-bond donors (Lipinski definition) is 3. The lowest BCUT2D eigenvalue weighted by Gasteiger charge is -2.18. The minimum atomic E-state index is -0.669. The van der Waals surface area contributed by atoms with E-state index in [1.165, 1.54) is 17.1 Å². The molecule has 1 aromatic carbocycles. The fourth-order valence-electron chi connectivity index (χ4n) is 3.55. The second-order valence-corrected chi connectivity index (χ2v) is 7.81. The number of rotatable bonds is 6. The van der Waals surface area contributed by atoms with Crippen LogP contribution in [0.2, 0.25) is 0 Å². The van der Waals surface area contributed by atoms with Gasteiger partial charge in [-0.15, -0.1) is 0 Å². The minimum Gasteiger partial charge on any atom is -0.383 e. The molecule has 0 aliphatic rings. The number of carbonyl (C=O) groups is 1. The molecule has 2 heterocycles. The maximum atomic E-state index is 13.3. The molecule has 0 radical (unpaired) electrons. The molecule has 32 heavy (non-hydrogen) atoms. The number of nitrogens with zero attached hydrogens (tertiary/aromatic N) is 3. The Kier molecular flexibility index (Phi) is 6.71. The summed E-state index contributed by atoms with van der Waals surface area (Å²) in [6.45, 7) is 7.54. The fraction of sp³-hybridized carbons (Fsp3) is 0.304. The zero-order valence-electron chi connectivity index (χ0n) is 18.8. The summed E-state index contributed by atoms with van der Waals surface area (Å²) in [4.78, 5) is 34.4. The van der Waals surface area contributed by atoms with E-state index in [9.17, 15) is 9.59 Å². The maximum absolute atomic E-state index is 13.3. The first-order valence-corrected chi connectivity index (χ1v) is 10.2. The summed E-state index contributed by atoms with van der Waals surface area (Å²) in [7, 11) is 1.64. The predicted molar refractivity (Wildman–Crippen MR) is 124 cm³/mol. The first-order chi connectivity index (χ1) is 15.1. The van der Waals surface area contributed by atoms with E-state index in [1.807, 2.05) is 39.8 Å². The van der Waals surface area contributed by atoms with Gasteiger partial charge in [-0.3, -0.25) is 19.1 Å². The van der Waals surface area contributed by atoms with Crippen LogP contribution in [0.1, 0.15) is 58.6 Å². The van der Waals surface area contributed by atoms with Crippen molar-refractivity contribution in [1.29, 1.82) is 0 Å². The lowest BCUT2D eigenvalue weighted by atomic mass is 10.0. The molecule has 0 aliphatic heterocycles. The van der Waals surface area contributed by atoms with Crippen molar-refractivity contribution < 1.29 is 9.53 Å². The Morgan fingerprint density at radius 1 is 1.12 bits per heavy atom. The molecule has 1 amide bonds. The largest absolute Gasteiger partial charge is 0.383 e. The predicted octanol–water partition coefficient (Wildman–Crippen LogP) is 2.81. The molecule has 3 rings (SSSR count). The molecule has 9 heteroatoms. The van der Waals surface area contributed by atoms with Gasteiger partial charge in [0.2, 0.25) is 0 Å². The molecule has 168 valence electrons. The number of aryl methyl sites for hydroxylation is 2. The Morgan fingerprint density at radius 2 is 1.78 bits per heavy atom. The molecule has 5 N–H and O–H groups in total. The molecule has 0 saturated heterocycles. The topological polar surface area (TPSA) is 138 Å². The van der Waals surface area contributed by atoms with Crippen molar-refractivity contribution in [2.75, 3.05) is 18.2 Å². The first-order valence-electron chi connectivity index (χ1n) is 10.2. The number of pyridine rings is 1. The van der Waals surface area contributed by atoms with Crippen LogP contribution in [0.5, 0.6) is 0 Å². The number of anilines is 2. The van der Waals surface area contributed by atoms with E-state index < -0.39 is 11.5 Å². The van der Waals surface area contributed by atoms with Gasteiger partial charge < -0.3 is 21.5 Å². The third kappa shape index (κ3) is 4.53. The Hall–Kier alpha value is -3.56. The monoisotopic (exact) mass is 436 g/mol. The van der Waals surface area contributed by atoms with Crippen LogP contribution in [-0.2, 0) is 4.74 Å². The molecule has 0 bridgehead atoms. The second-order valence-electron chi connectivity index (χ2n) is 7.81. The van der Waals surface area contributed by atoms with Crippen molar-refractivity contribution in [3.8, 4) is 5.69 Å². The summed E-state index contributed by atoms with van der Waals surface area (Å²) >= 11 is 0. The van der Waals surface area contributed by atoms with Crippen molar-refractivity contribution in [2.24, 2.45) is 5.73 Å². The average Bonchev–Trinajstić information content (AvgIpc) is 2.74. The van der Waals surface area contributed by atoms with E-state index >= 15 is 0 Å². The quantitative estimate of drug-likeness (QED) is 0.540. The highest BCUT2D eigenvalue weighted by Gasteiger charge is 2.21. The van der Waals surface area contributed by atoms with Gasteiger partial charge in [0, 0.05) is 19.3 Å². The van der Waals surface area contributed by atoms with Crippen molar-refractivity contribution in [1.82, 2.24) is 14.5 Å². The third-order valence-corrected chi connectivity index (χ3v) is 5.35. The van der Waals surface area contributed by atoms with E-state index in [-0.39, 0.29) is 23.5 Å². The van der Waals surface area contributed by atoms with Gasteiger partial charge in [0.15, 0.2) is 0 Å². The van der Waals surface area contributed by atoms with Crippen molar-refractivity contribution in [3.63, 3.8) is 0 Å². The van der Waals surface area contributed by atoms with E-state index in [2.05, 4.69) is 15.3 Å². The summed E-state index contributed by atoms with van der Waals surface area (Å²) in [5.74, 6) is -0.821. The molecule has 0 fully saturated rings. The van der Waals surface area contributed by atoms with Crippen molar-refractivity contribution in [3.05, 3.63) is 75.1 Å². The number of nitrogens with one attached hydrogen (secondary N) is 1. The van der Waals surface area contributed by atoms with Gasteiger partial charge in [0.1, 0.15) is 17.7 Å². The number of aromatic nitrogens is 3. The number of ether oxygens (including phenoxy) is 1. The van der Waals surface area contributed by atoms with E-state index in [1.54, 1.807) is 19.4 Å². The number of hydrogen-bond acceptors (Lipinski definition) is 7. The van der Waals surface area contributed by atoms with Gasteiger partial charge in [0.05, 0.1) is 23.7 Å². The Balaban J connectivity index is 2.04. The third-order valence-electron chi connectivity index (χ3n) is 5.35. The van der Waals surface area contributed by atoms with Crippen LogP contribution in [-0.4, -0.2) is 27.6 Å². The molecule has 0 saturated carbocycles. The Bertz CT molecular complexity index is 1200. The summed E-state index contributed by atoms with van der Waals surface area (Å²) in [6, 6.07) is 5.34. The lowest BCUT2D eigenvalue weighted by Crippen LogP contribution is -2.31. The molecule has 0 aliphatic carbocycles. The van der Waals surface area contributed by atoms with Crippen LogP contribution < -0.4 is 22.3 Å². The Labute approximate surface area is 186 Å². The lowest BCUT2D eigenvalue weighted by molar-refractivity contribution is 0.102. The maximum Gasteiger partial charge on any atom is 0.272 e. The average molecular weight is 437 g/mol. The Morgan fingerprint density at radius 3 is 2.38 bits per heavy atom. The highest BCUT2D eigenvalue weighted by molar-refractivity contribution is 6.06. The molecule has 2 atom stereocenters. The van der Waals surface area contributed by atoms with Gasteiger partial charge in [-0.25, -0.2) is 4.98 Å². The molecule has 0 spiro atoms.